The van der Waals surface area contributed by atoms with Crippen molar-refractivity contribution in [2.45, 2.75) is 57.6 Å². The molecule has 0 saturated carbocycles. The van der Waals surface area contributed by atoms with Crippen LogP contribution in [0, 0.1) is 0 Å². The molecule has 0 aliphatic carbocycles. The molecule has 2 aliphatic heterocycles. The van der Waals surface area contributed by atoms with Crippen LogP contribution in [0.4, 0.5) is 4.79 Å². The van der Waals surface area contributed by atoms with Crippen molar-refractivity contribution in [3.63, 3.8) is 0 Å². The first-order chi connectivity index (χ1) is 12.4. The van der Waals surface area contributed by atoms with E-state index in [2.05, 4.69) is 13.8 Å². The van der Waals surface area contributed by atoms with Crippen LogP contribution < -0.4 is 0 Å². The van der Waals surface area contributed by atoms with E-state index < -0.39 is 5.60 Å². The molecule has 0 radical (unpaired) electrons. The quantitative estimate of drug-likeness (QED) is 0.876. The van der Waals surface area contributed by atoms with Gasteiger partial charge in [0.1, 0.15) is 11.4 Å². The monoisotopic (exact) mass is 360 g/mol. The first-order valence-electron chi connectivity index (χ1n) is 9.48. The highest BCUT2D eigenvalue weighted by atomic mass is 16.6. The number of hydrogen-bond acceptors (Lipinski definition) is 4. The zero-order chi connectivity index (χ0) is 18.7. The summed E-state index contributed by atoms with van der Waals surface area (Å²) in [7, 11) is 0. The third-order valence-electron chi connectivity index (χ3n) is 5.53. The highest BCUT2D eigenvalue weighted by Gasteiger charge is 2.48. The van der Waals surface area contributed by atoms with Crippen molar-refractivity contribution in [2.75, 3.05) is 19.6 Å². The van der Waals surface area contributed by atoms with Gasteiger partial charge in [0, 0.05) is 32.0 Å². The van der Waals surface area contributed by atoms with Gasteiger partial charge in [-0.3, -0.25) is 4.79 Å². The number of hydrogen-bond donors (Lipinski definition) is 1. The molecule has 26 heavy (non-hydrogen) atoms. The number of benzene rings is 1. The Morgan fingerprint density at radius 2 is 2.08 bits per heavy atom. The van der Waals surface area contributed by atoms with E-state index >= 15 is 0 Å². The van der Waals surface area contributed by atoms with E-state index in [-0.39, 0.29) is 30.2 Å². The van der Waals surface area contributed by atoms with Crippen LogP contribution in [-0.4, -0.2) is 58.2 Å². The molecule has 6 heteroatoms. The molecule has 1 N–H and O–H groups in total. The zero-order valence-corrected chi connectivity index (χ0v) is 15.6. The number of aromatic hydroxyl groups is 1. The molecule has 0 unspecified atom stereocenters. The number of ether oxygens (including phenoxy) is 1. The summed E-state index contributed by atoms with van der Waals surface area (Å²) in [6.07, 6.45) is 3.43. The van der Waals surface area contributed by atoms with Crippen molar-refractivity contribution in [2.24, 2.45) is 0 Å². The van der Waals surface area contributed by atoms with Gasteiger partial charge in [0.2, 0.25) is 5.91 Å². The van der Waals surface area contributed by atoms with Crippen LogP contribution in [0.15, 0.2) is 24.3 Å². The molecule has 1 aromatic rings. The maximum absolute atomic E-state index is 12.5. The molecule has 1 aromatic carbocycles. The van der Waals surface area contributed by atoms with Crippen molar-refractivity contribution < 1.29 is 19.4 Å². The number of piperidine rings is 1. The summed E-state index contributed by atoms with van der Waals surface area (Å²) >= 11 is 0. The minimum atomic E-state index is -0.444. The van der Waals surface area contributed by atoms with E-state index in [1.807, 2.05) is 15.9 Å². The van der Waals surface area contributed by atoms with Gasteiger partial charge < -0.3 is 19.6 Å². The Labute approximate surface area is 154 Å². The van der Waals surface area contributed by atoms with Crippen LogP contribution in [-0.2, 0) is 16.0 Å². The first kappa shape index (κ1) is 18.5. The number of carbonyl (C=O) groups is 2. The summed E-state index contributed by atoms with van der Waals surface area (Å²) < 4.78 is 5.75. The van der Waals surface area contributed by atoms with E-state index in [9.17, 15) is 14.7 Å². The van der Waals surface area contributed by atoms with Gasteiger partial charge in [0.25, 0.3) is 0 Å². The molecule has 6 nitrogen and oxygen atoms in total. The number of amides is 2. The van der Waals surface area contributed by atoms with Crippen LogP contribution in [0.5, 0.6) is 5.75 Å². The average Bonchev–Trinajstić information content (AvgIpc) is 2.92. The summed E-state index contributed by atoms with van der Waals surface area (Å²) in [5.41, 5.74) is 0.364. The minimum Gasteiger partial charge on any atom is -0.508 e. The van der Waals surface area contributed by atoms with E-state index in [1.54, 1.807) is 18.2 Å². The summed E-state index contributed by atoms with van der Waals surface area (Å²) in [5.74, 6) is 0.220. The van der Waals surface area contributed by atoms with E-state index in [0.717, 1.165) is 18.4 Å². The molecule has 2 saturated heterocycles. The van der Waals surface area contributed by atoms with Crippen LogP contribution in [0.3, 0.4) is 0 Å². The second-order valence-corrected chi connectivity index (χ2v) is 7.54. The number of carbonyl (C=O) groups excluding carboxylic acids is 2. The Morgan fingerprint density at radius 1 is 1.35 bits per heavy atom. The Balaban J connectivity index is 1.55. The standard InChI is InChI=1S/C20H28N2O4/c1-3-5-15(2)22-14-20(26-19(22)25)8-10-21(11-9-20)18(24)13-16-6-4-7-17(23)12-16/h4,6-7,12,15,23H,3,5,8-11,13-14H2,1-2H3/t15-/m1/s1. The molecule has 0 aromatic heterocycles. The van der Waals surface area contributed by atoms with E-state index in [4.69, 9.17) is 4.74 Å². The Bertz CT molecular complexity index is 668. The molecule has 2 heterocycles. The van der Waals surface area contributed by atoms with Gasteiger partial charge in [0.05, 0.1) is 13.0 Å². The largest absolute Gasteiger partial charge is 0.508 e. The van der Waals surface area contributed by atoms with Gasteiger partial charge in [0.15, 0.2) is 0 Å². The second-order valence-electron chi connectivity index (χ2n) is 7.54. The lowest BCUT2D eigenvalue weighted by Gasteiger charge is -2.37. The molecule has 2 fully saturated rings. The fourth-order valence-electron chi connectivity index (χ4n) is 3.94. The van der Waals surface area contributed by atoms with E-state index in [0.29, 0.717) is 32.5 Å². The number of phenolic OH excluding ortho intramolecular Hbond substituents is 1. The highest BCUT2D eigenvalue weighted by molar-refractivity contribution is 5.79. The van der Waals surface area contributed by atoms with Gasteiger partial charge in [-0.1, -0.05) is 25.5 Å². The van der Waals surface area contributed by atoms with Gasteiger partial charge in [-0.25, -0.2) is 4.79 Å². The normalized spacial score (nSPS) is 20.3. The lowest BCUT2D eigenvalue weighted by molar-refractivity contribution is -0.133. The van der Waals surface area contributed by atoms with Crippen LogP contribution >= 0.6 is 0 Å². The lowest BCUT2D eigenvalue weighted by Crippen LogP contribution is -2.49. The first-order valence-corrected chi connectivity index (χ1v) is 9.48. The molecule has 2 amide bonds. The number of rotatable bonds is 5. The fourth-order valence-corrected chi connectivity index (χ4v) is 3.94. The Kier molecular flexibility index (Phi) is 5.39. The number of phenols is 1. The third-order valence-corrected chi connectivity index (χ3v) is 5.53. The Morgan fingerprint density at radius 3 is 2.73 bits per heavy atom. The molecular weight excluding hydrogens is 332 g/mol. The second kappa shape index (κ2) is 7.56. The molecular formula is C20H28N2O4. The molecule has 1 spiro atoms. The van der Waals surface area contributed by atoms with Crippen molar-refractivity contribution in [1.82, 2.24) is 9.80 Å². The average molecular weight is 360 g/mol. The van der Waals surface area contributed by atoms with Crippen molar-refractivity contribution in [3.8, 4) is 5.75 Å². The van der Waals surface area contributed by atoms with Gasteiger partial charge in [-0.05, 0) is 31.0 Å². The molecule has 3 rings (SSSR count). The number of nitrogens with zero attached hydrogens (tertiary/aromatic N) is 2. The van der Waals surface area contributed by atoms with Crippen LogP contribution in [0.1, 0.15) is 45.1 Å². The maximum Gasteiger partial charge on any atom is 0.410 e. The third kappa shape index (κ3) is 3.94. The molecule has 1 atom stereocenters. The SMILES string of the molecule is CCC[C@@H](C)N1CC2(CCN(C(=O)Cc3cccc(O)c3)CC2)OC1=O. The zero-order valence-electron chi connectivity index (χ0n) is 15.6. The maximum atomic E-state index is 12.5. The fraction of sp³-hybridized carbons (Fsp3) is 0.600. The van der Waals surface area contributed by atoms with Gasteiger partial charge in [-0.15, -0.1) is 0 Å². The minimum absolute atomic E-state index is 0.0472. The lowest BCUT2D eigenvalue weighted by atomic mass is 9.90. The van der Waals surface area contributed by atoms with Crippen LogP contribution in [0.2, 0.25) is 0 Å². The number of likely N-dealkylation sites (tertiary alicyclic amines) is 1. The predicted molar refractivity (Wildman–Crippen MR) is 97.9 cm³/mol. The van der Waals surface area contributed by atoms with Crippen molar-refractivity contribution >= 4 is 12.0 Å². The van der Waals surface area contributed by atoms with Gasteiger partial charge >= 0.3 is 6.09 Å². The molecule has 142 valence electrons. The molecule has 2 aliphatic rings. The van der Waals surface area contributed by atoms with Crippen molar-refractivity contribution in [1.29, 1.82) is 0 Å². The summed E-state index contributed by atoms with van der Waals surface area (Å²) in [4.78, 5) is 28.5. The Hall–Kier alpha value is -2.24. The van der Waals surface area contributed by atoms with Crippen LogP contribution in [0.25, 0.3) is 0 Å². The molecule has 0 bridgehead atoms. The van der Waals surface area contributed by atoms with E-state index in [1.165, 1.54) is 0 Å². The summed E-state index contributed by atoms with van der Waals surface area (Å²) in [6.45, 7) is 6.01. The summed E-state index contributed by atoms with van der Waals surface area (Å²) in [5, 5.41) is 9.53. The topological polar surface area (TPSA) is 70.1 Å². The smallest absolute Gasteiger partial charge is 0.410 e. The highest BCUT2D eigenvalue weighted by Crippen LogP contribution is 2.35. The van der Waals surface area contributed by atoms with Crippen molar-refractivity contribution in [3.05, 3.63) is 29.8 Å². The predicted octanol–water partition coefficient (Wildman–Crippen LogP) is 2.94. The van der Waals surface area contributed by atoms with Gasteiger partial charge in [-0.2, -0.15) is 0 Å². The summed E-state index contributed by atoms with van der Waals surface area (Å²) in [6, 6.07) is 6.99.